The topological polar surface area (TPSA) is 145 Å². The summed E-state index contributed by atoms with van der Waals surface area (Å²) in [5.74, 6) is -0.641. The van der Waals surface area contributed by atoms with Crippen molar-refractivity contribution in [2.75, 3.05) is 13.2 Å². The largest absolute Gasteiger partial charge is 0.400 e. The first-order valence-electron chi connectivity index (χ1n) is 4.20. The van der Waals surface area contributed by atoms with Crippen LogP contribution in [0.15, 0.2) is 23.2 Å². The molecule has 0 saturated heterocycles. The van der Waals surface area contributed by atoms with Crippen molar-refractivity contribution >= 4 is 0 Å². The highest BCUT2D eigenvalue weighted by atomic mass is 16.3. The van der Waals surface area contributed by atoms with Crippen molar-refractivity contribution in [1.82, 2.24) is 0 Å². The van der Waals surface area contributed by atoms with Crippen LogP contribution >= 0.6 is 0 Å². The van der Waals surface area contributed by atoms with E-state index in [2.05, 4.69) is 0 Å². The van der Waals surface area contributed by atoms with Gasteiger partial charge < -0.3 is 33.1 Å². The number of hydrogen-bond acceptors (Lipinski definition) is 6. The van der Waals surface area contributed by atoms with Crippen LogP contribution in [0.2, 0.25) is 0 Å². The molecule has 0 saturated carbocycles. The van der Waals surface area contributed by atoms with E-state index < -0.39 is 18.1 Å². The Labute approximate surface area is 81.9 Å². The zero-order chi connectivity index (χ0) is 10.9. The van der Waals surface area contributed by atoms with E-state index in [1.807, 2.05) is 0 Å². The molecule has 0 heterocycles. The Hall–Kier alpha value is -1.24. The van der Waals surface area contributed by atoms with Gasteiger partial charge in [0.05, 0.1) is 24.4 Å². The van der Waals surface area contributed by atoms with E-state index in [4.69, 9.17) is 33.1 Å². The predicted molar refractivity (Wildman–Crippen MR) is 52.3 cm³/mol. The minimum atomic E-state index is -1.22. The standard InChI is InChI=1S/C8H16N4O2/c9-5-1-6(10)8(12,3-14)4(2-13)7(5)11/h1,4,13-14H,2-3,9-12H2. The van der Waals surface area contributed by atoms with Crippen LogP contribution in [0.1, 0.15) is 0 Å². The van der Waals surface area contributed by atoms with Gasteiger partial charge in [0.2, 0.25) is 0 Å². The molecule has 0 aromatic carbocycles. The number of nitrogens with two attached hydrogens (primary N) is 4. The second kappa shape index (κ2) is 3.49. The van der Waals surface area contributed by atoms with Crippen LogP contribution in [0.5, 0.6) is 0 Å². The molecule has 1 rings (SSSR count). The second-order valence-corrected chi connectivity index (χ2v) is 3.44. The molecule has 0 spiro atoms. The minimum Gasteiger partial charge on any atom is -0.400 e. The highest BCUT2D eigenvalue weighted by Gasteiger charge is 2.41. The Morgan fingerprint density at radius 1 is 1.29 bits per heavy atom. The number of aliphatic hydroxyl groups excluding tert-OH is 2. The first-order chi connectivity index (χ1) is 6.47. The lowest BCUT2D eigenvalue weighted by molar-refractivity contribution is 0.129. The predicted octanol–water partition coefficient (Wildman–Crippen LogP) is -2.73. The van der Waals surface area contributed by atoms with Gasteiger partial charge in [0, 0.05) is 17.3 Å². The molecule has 6 nitrogen and oxygen atoms in total. The summed E-state index contributed by atoms with van der Waals surface area (Å²) in [4.78, 5) is 0. The van der Waals surface area contributed by atoms with Crippen molar-refractivity contribution in [3.05, 3.63) is 23.2 Å². The Bertz CT molecular complexity index is 300. The minimum absolute atomic E-state index is 0.228. The van der Waals surface area contributed by atoms with Gasteiger partial charge in [0.25, 0.3) is 0 Å². The van der Waals surface area contributed by atoms with Gasteiger partial charge >= 0.3 is 0 Å². The highest BCUT2D eigenvalue weighted by Crippen LogP contribution is 2.29. The van der Waals surface area contributed by atoms with Gasteiger partial charge in [0.1, 0.15) is 0 Å². The summed E-state index contributed by atoms with van der Waals surface area (Å²) in [5.41, 5.74) is 22.2. The van der Waals surface area contributed by atoms with Crippen molar-refractivity contribution in [1.29, 1.82) is 0 Å². The molecule has 10 N–H and O–H groups in total. The van der Waals surface area contributed by atoms with E-state index in [1.54, 1.807) is 0 Å². The summed E-state index contributed by atoms with van der Waals surface area (Å²) in [5, 5.41) is 18.3. The summed E-state index contributed by atoms with van der Waals surface area (Å²) in [6.07, 6.45) is 1.41. The van der Waals surface area contributed by atoms with Gasteiger partial charge in [0.15, 0.2) is 0 Å². The zero-order valence-electron chi connectivity index (χ0n) is 7.77. The maximum Gasteiger partial charge on any atom is 0.0897 e. The second-order valence-electron chi connectivity index (χ2n) is 3.44. The zero-order valence-corrected chi connectivity index (χ0v) is 7.77. The van der Waals surface area contributed by atoms with Crippen LogP contribution < -0.4 is 22.9 Å². The fourth-order valence-electron chi connectivity index (χ4n) is 1.53. The Kier molecular flexibility index (Phi) is 2.70. The van der Waals surface area contributed by atoms with E-state index in [0.717, 1.165) is 0 Å². The Balaban J connectivity index is 3.19. The third kappa shape index (κ3) is 1.33. The molecule has 2 atom stereocenters. The lowest BCUT2D eigenvalue weighted by atomic mass is 9.77. The SMILES string of the molecule is NC1=CC(N)=C(N)C(CO)C1(N)CO. The third-order valence-corrected chi connectivity index (χ3v) is 2.62. The van der Waals surface area contributed by atoms with Crippen LogP contribution in [0.4, 0.5) is 0 Å². The quantitative estimate of drug-likeness (QED) is 0.285. The van der Waals surface area contributed by atoms with Crippen molar-refractivity contribution in [3.63, 3.8) is 0 Å². The molecule has 1 aliphatic carbocycles. The lowest BCUT2D eigenvalue weighted by Gasteiger charge is -2.38. The molecular formula is C8H16N4O2. The van der Waals surface area contributed by atoms with Crippen molar-refractivity contribution in [3.8, 4) is 0 Å². The fraction of sp³-hybridized carbons (Fsp3) is 0.500. The van der Waals surface area contributed by atoms with E-state index in [1.165, 1.54) is 6.08 Å². The maximum absolute atomic E-state index is 9.15. The van der Waals surface area contributed by atoms with E-state index in [0.29, 0.717) is 0 Å². The molecule has 0 aromatic rings. The Morgan fingerprint density at radius 3 is 2.29 bits per heavy atom. The Morgan fingerprint density at radius 2 is 1.86 bits per heavy atom. The molecule has 0 radical (unpaired) electrons. The molecule has 0 amide bonds. The van der Waals surface area contributed by atoms with Crippen LogP contribution in [0, 0.1) is 5.92 Å². The normalized spacial score (nSPS) is 33.1. The van der Waals surface area contributed by atoms with E-state index in [-0.39, 0.29) is 23.7 Å². The molecule has 80 valence electrons. The highest BCUT2D eigenvalue weighted by molar-refractivity contribution is 5.39. The maximum atomic E-state index is 9.15. The molecule has 14 heavy (non-hydrogen) atoms. The first-order valence-corrected chi connectivity index (χ1v) is 4.20. The van der Waals surface area contributed by atoms with Crippen molar-refractivity contribution in [2.24, 2.45) is 28.9 Å². The van der Waals surface area contributed by atoms with E-state index in [9.17, 15) is 0 Å². The van der Waals surface area contributed by atoms with Gasteiger partial charge in [-0.15, -0.1) is 0 Å². The van der Waals surface area contributed by atoms with Gasteiger partial charge in [-0.1, -0.05) is 0 Å². The third-order valence-electron chi connectivity index (χ3n) is 2.62. The summed E-state index contributed by atoms with van der Waals surface area (Å²) < 4.78 is 0. The monoisotopic (exact) mass is 200 g/mol. The summed E-state index contributed by atoms with van der Waals surface area (Å²) in [7, 11) is 0. The molecule has 6 heteroatoms. The van der Waals surface area contributed by atoms with Crippen LogP contribution in [-0.4, -0.2) is 29.0 Å². The van der Waals surface area contributed by atoms with Gasteiger partial charge in [-0.2, -0.15) is 0 Å². The fourth-order valence-corrected chi connectivity index (χ4v) is 1.53. The molecule has 0 fully saturated rings. The number of allylic oxidation sites excluding steroid dienone is 1. The molecule has 1 aliphatic rings. The average Bonchev–Trinajstić information content (AvgIpc) is 2.16. The number of hydrogen-bond donors (Lipinski definition) is 6. The van der Waals surface area contributed by atoms with Crippen LogP contribution in [-0.2, 0) is 0 Å². The summed E-state index contributed by atoms with van der Waals surface area (Å²) >= 11 is 0. The molecular weight excluding hydrogens is 184 g/mol. The summed E-state index contributed by atoms with van der Waals surface area (Å²) in [6, 6.07) is 0. The molecule has 0 aliphatic heterocycles. The van der Waals surface area contributed by atoms with Crippen molar-refractivity contribution in [2.45, 2.75) is 5.54 Å². The smallest absolute Gasteiger partial charge is 0.0897 e. The molecule has 0 aromatic heterocycles. The first kappa shape index (κ1) is 10.8. The van der Waals surface area contributed by atoms with E-state index >= 15 is 0 Å². The number of aliphatic hydroxyl groups is 2. The lowest BCUT2D eigenvalue weighted by Crippen LogP contribution is -2.59. The molecule has 2 unspecified atom stereocenters. The number of rotatable bonds is 2. The van der Waals surface area contributed by atoms with Crippen LogP contribution in [0.25, 0.3) is 0 Å². The summed E-state index contributed by atoms with van der Waals surface area (Å²) in [6.45, 7) is -0.702. The van der Waals surface area contributed by atoms with Gasteiger partial charge in [-0.3, -0.25) is 0 Å². The van der Waals surface area contributed by atoms with Gasteiger partial charge in [-0.25, -0.2) is 0 Å². The van der Waals surface area contributed by atoms with Crippen molar-refractivity contribution < 1.29 is 10.2 Å². The van der Waals surface area contributed by atoms with Gasteiger partial charge in [-0.05, 0) is 6.08 Å². The van der Waals surface area contributed by atoms with Crippen LogP contribution in [0.3, 0.4) is 0 Å². The average molecular weight is 200 g/mol. The molecule has 0 bridgehead atoms.